The molecule has 0 unspecified atom stereocenters. The lowest BCUT2D eigenvalue weighted by molar-refractivity contribution is -0.135. The number of imide groups is 1. The third-order valence-corrected chi connectivity index (χ3v) is 5.95. The third-order valence-electron chi connectivity index (χ3n) is 4.96. The molecule has 2 atom stereocenters. The lowest BCUT2D eigenvalue weighted by atomic mass is 9.98. The molecular weight excluding hydrogens is 368 g/mol. The van der Waals surface area contributed by atoms with Crippen molar-refractivity contribution in [3.8, 4) is 0 Å². The smallest absolute Gasteiger partial charge is 0.322 e. The van der Waals surface area contributed by atoms with Crippen LogP contribution in [0.1, 0.15) is 35.5 Å². The molecule has 0 spiro atoms. The van der Waals surface area contributed by atoms with Gasteiger partial charge in [-0.25, -0.2) is 9.48 Å². The van der Waals surface area contributed by atoms with Crippen molar-refractivity contribution in [1.82, 2.24) is 30.5 Å². The normalized spacial score (nSPS) is 21.7. The summed E-state index contributed by atoms with van der Waals surface area (Å²) >= 11 is 1.75. The first-order chi connectivity index (χ1) is 13.0. The average Bonchev–Trinajstić information content (AvgIpc) is 3.35. The summed E-state index contributed by atoms with van der Waals surface area (Å²) in [5.41, 5.74) is 1.81. The predicted molar refractivity (Wildman–Crippen MR) is 97.0 cm³/mol. The van der Waals surface area contributed by atoms with Crippen LogP contribution in [0.5, 0.6) is 0 Å². The zero-order valence-corrected chi connectivity index (χ0v) is 15.7. The molecule has 2 N–H and O–H groups in total. The number of nitrogens with zero attached hydrogens (tertiary/aromatic N) is 4. The van der Waals surface area contributed by atoms with E-state index in [4.69, 9.17) is 0 Å². The van der Waals surface area contributed by atoms with Gasteiger partial charge in [0.1, 0.15) is 12.6 Å². The van der Waals surface area contributed by atoms with Crippen molar-refractivity contribution >= 4 is 29.2 Å². The van der Waals surface area contributed by atoms with Crippen molar-refractivity contribution in [3.05, 3.63) is 33.8 Å². The molecule has 142 valence electrons. The summed E-state index contributed by atoms with van der Waals surface area (Å²) in [6.45, 7) is 2.90. The Bertz CT molecular complexity index is 891. The van der Waals surface area contributed by atoms with Gasteiger partial charge in [-0.1, -0.05) is 12.1 Å². The van der Waals surface area contributed by atoms with Crippen LogP contribution in [-0.2, 0) is 29.0 Å². The number of carbonyl (C=O) groups is 3. The number of aromatic nitrogens is 3. The molecular formula is C17H20N6O3S. The Morgan fingerprint density at radius 1 is 1.41 bits per heavy atom. The summed E-state index contributed by atoms with van der Waals surface area (Å²) in [6.07, 6.45) is 3.64. The summed E-state index contributed by atoms with van der Waals surface area (Å²) in [7, 11) is 0. The molecule has 4 heterocycles. The molecule has 4 amide bonds. The highest BCUT2D eigenvalue weighted by Gasteiger charge is 2.32. The van der Waals surface area contributed by atoms with E-state index >= 15 is 0 Å². The number of carbonyl (C=O) groups excluding carboxylic acids is 3. The van der Waals surface area contributed by atoms with Gasteiger partial charge in [0.05, 0.1) is 11.7 Å². The number of urea groups is 1. The Hall–Kier alpha value is -2.75. The second-order valence-corrected chi connectivity index (χ2v) is 7.69. The van der Waals surface area contributed by atoms with Crippen molar-refractivity contribution in [1.29, 1.82) is 0 Å². The summed E-state index contributed by atoms with van der Waals surface area (Å²) < 4.78 is 1.49. The molecule has 2 aliphatic heterocycles. The number of fused-ring (bicyclic) bond motifs is 1. The van der Waals surface area contributed by atoms with Crippen LogP contribution < -0.4 is 10.6 Å². The molecule has 2 aromatic heterocycles. The molecule has 27 heavy (non-hydrogen) atoms. The first kappa shape index (κ1) is 17.7. The molecule has 0 saturated carbocycles. The number of hydrogen-bond acceptors (Lipinski definition) is 6. The SMILES string of the molecule is CC[C@@H]1c2ccsc2CCN1C(=O)Cn1cc(C[C@H]2NC(=O)NC2=O)nn1. The fourth-order valence-electron chi connectivity index (χ4n) is 3.69. The molecule has 10 heteroatoms. The maximum atomic E-state index is 12.8. The van der Waals surface area contributed by atoms with Gasteiger partial charge in [-0.2, -0.15) is 0 Å². The van der Waals surface area contributed by atoms with Crippen molar-refractivity contribution in [2.75, 3.05) is 6.54 Å². The van der Waals surface area contributed by atoms with Crippen LogP contribution in [0.4, 0.5) is 4.79 Å². The minimum atomic E-state index is -0.651. The summed E-state index contributed by atoms with van der Waals surface area (Å²) in [5.74, 6) is -0.377. The van der Waals surface area contributed by atoms with E-state index in [2.05, 4.69) is 39.3 Å². The highest BCUT2D eigenvalue weighted by molar-refractivity contribution is 7.10. The molecule has 0 aromatic carbocycles. The second-order valence-electron chi connectivity index (χ2n) is 6.69. The van der Waals surface area contributed by atoms with Crippen LogP contribution in [-0.4, -0.2) is 50.3 Å². The summed E-state index contributed by atoms with van der Waals surface area (Å²) in [6, 6.07) is 1.06. The highest BCUT2D eigenvalue weighted by Crippen LogP contribution is 2.35. The standard InChI is InChI=1S/C17H20N6O3S/c1-2-13-11-4-6-27-14(11)3-5-23(13)15(24)9-22-8-10(20-21-22)7-12-16(25)19-17(26)18-12/h4,6,8,12-13H,2-3,5,7,9H2,1H3,(H2,18,19,25,26)/t12-,13-/m1/s1. The van der Waals surface area contributed by atoms with Gasteiger partial charge in [0.2, 0.25) is 5.91 Å². The fourth-order valence-corrected chi connectivity index (χ4v) is 4.61. The van der Waals surface area contributed by atoms with Gasteiger partial charge in [0.15, 0.2) is 0 Å². The van der Waals surface area contributed by atoms with Gasteiger partial charge in [-0.3, -0.25) is 14.9 Å². The zero-order valence-electron chi connectivity index (χ0n) is 14.8. The summed E-state index contributed by atoms with van der Waals surface area (Å²) in [5, 5.41) is 14.8. The minimum Gasteiger partial charge on any atom is -0.334 e. The molecule has 1 saturated heterocycles. The monoisotopic (exact) mass is 388 g/mol. The predicted octanol–water partition coefficient (Wildman–Crippen LogP) is 0.626. The van der Waals surface area contributed by atoms with E-state index in [1.807, 2.05) is 4.90 Å². The number of nitrogens with one attached hydrogen (secondary N) is 2. The number of hydrogen-bond donors (Lipinski definition) is 2. The maximum Gasteiger partial charge on any atom is 0.322 e. The van der Waals surface area contributed by atoms with Gasteiger partial charge in [0.25, 0.3) is 5.91 Å². The van der Waals surface area contributed by atoms with Crippen LogP contribution in [0.3, 0.4) is 0 Å². The topological polar surface area (TPSA) is 109 Å². The van der Waals surface area contributed by atoms with Gasteiger partial charge in [0, 0.05) is 24.0 Å². The molecule has 2 aliphatic rings. The quantitative estimate of drug-likeness (QED) is 0.730. The molecule has 0 aliphatic carbocycles. The Morgan fingerprint density at radius 3 is 3.00 bits per heavy atom. The number of amides is 4. The van der Waals surface area contributed by atoms with Crippen LogP contribution in [0.2, 0.25) is 0 Å². The Balaban J connectivity index is 1.41. The lowest BCUT2D eigenvalue weighted by Gasteiger charge is -2.35. The molecule has 4 rings (SSSR count). The van der Waals surface area contributed by atoms with Crippen molar-refractivity contribution in [2.24, 2.45) is 0 Å². The largest absolute Gasteiger partial charge is 0.334 e. The van der Waals surface area contributed by atoms with Crippen molar-refractivity contribution in [2.45, 2.75) is 44.8 Å². The van der Waals surface area contributed by atoms with E-state index in [0.29, 0.717) is 12.2 Å². The van der Waals surface area contributed by atoms with Crippen molar-refractivity contribution < 1.29 is 14.4 Å². The molecule has 1 fully saturated rings. The Labute approximate surface area is 159 Å². The first-order valence-electron chi connectivity index (χ1n) is 8.91. The average molecular weight is 388 g/mol. The van der Waals surface area contributed by atoms with E-state index < -0.39 is 12.1 Å². The Morgan fingerprint density at radius 2 is 2.26 bits per heavy atom. The number of thiophene rings is 1. The van der Waals surface area contributed by atoms with E-state index in [-0.39, 0.29) is 30.8 Å². The molecule has 0 radical (unpaired) electrons. The van der Waals surface area contributed by atoms with E-state index in [0.717, 1.165) is 12.8 Å². The van der Waals surface area contributed by atoms with Crippen molar-refractivity contribution in [3.63, 3.8) is 0 Å². The van der Waals surface area contributed by atoms with Crippen LogP contribution in [0.25, 0.3) is 0 Å². The van der Waals surface area contributed by atoms with E-state index in [1.54, 1.807) is 17.5 Å². The van der Waals surface area contributed by atoms with Crippen LogP contribution in [0.15, 0.2) is 17.6 Å². The van der Waals surface area contributed by atoms with E-state index in [1.165, 1.54) is 15.1 Å². The molecule has 2 aromatic rings. The van der Waals surface area contributed by atoms with Gasteiger partial charge in [-0.15, -0.1) is 16.4 Å². The first-order valence-corrected chi connectivity index (χ1v) is 9.79. The highest BCUT2D eigenvalue weighted by atomic mass is 32.1. The third kappa shape index (κ3) is 3.44. The number of rotatable bonds is 5. The maximum absolute atomic E-state index is 12.8. The van der Waals surface area contributed by atoms with E-state index in [9.17, 15) is 14.4 Å². The van der Waals surface area contributed by atoms with Gasteiger partial charge >= 0.3 is 6.03 Å². The van der Waals surface area contributed by atoms with Crippen LogP contribution >= 0.6 is 11.3 Å². The second kappa shape index (κ2) is 7.10. The van der Waals surface area contributed by atoms with Gasteiger partial charge in [-0.05, 0) is 29.9 Å². The Kier molecular flexibility index (Phi) is 4.65. The lowest BCUT2D eigenvalue weighted by Crippen LogP contribution is -2.41. The zero-order chi connectivity index (χ0) is 19.0. The van der Waals surface area contributed by atoms with Crippen LogP contribution in [0, 0.1) is 0 Å². The molecule has 9 nitrogen and oxygen atoms in total. The fraction of sp³-hybridized carbons (Fsp3) is 0.471. The minimum absolute atomic E-state index is 0.00191. The van der Waals surface area contributed by atoms with Gasteiger partial charge < -0.3 is 10.2 Å². The molecule has 0 bridgehead atoms. The summed E-state index contributed by atoms with van der Waals surface area (Å²) in [4.78, 5) is 38.9.